The first-order valence-corrected chi connectivity index (χ1v) is 6.95. The second-order valence-electron chi connectivity index (χ2n) is 4.86. The standard InChI is InChI=1S/C16H15FN2O5/c1-19(9-14(20)18-12-6-4-11(17)5-7-12)15(21)10-24-16(22)13-3-2-8-23-13/h2-8H,9-10H2,1H3,(H,18,20). The summed E-state index contributed by atoms with van der Waals surface area (Å²) in [6.45, 7) is -0.756. The molecule has 0 aliphatic rings. The highest BCUT2D eigenvalue weighted by molar-refractivity contribution is 5.95. The molecule has 0 fully saturated rings. The van der Waals surface area contributed by atoms with E-state index in [4.69, 9.17) is 9.15 Å². The number of nitrogens with one attached hydrogen (secondary N) is 1. The molecule has 8 heteroatoms. The van der Waals surface area contributed by atoms with E-state index < -0.39 is 30.2 Å². The van der Waals surface area contributed by atoms with Gasteiger partial charge in [0.05, 0.1) is 12.8 Å². The minimum atomic E-state index is -0.766. The molecule has 1 heterocycles. The first-order valence-electron chi connectivity index (χ1n) is 6.95. The Bertz CT molecular complexity index is 713. The van der Waals surface area contributed by atoms with Gasteiger partial charge in [-0.2, -0.15) is 0 Å². The first kappa shape index (κ1) is 17.2. The van der Waals surface area contributed by atoms with E-state index in [9.17, 15) is 18.8 Å². The second-order valence-corrected chi connectivity index (χ2v) is 4.86. The van der Waals surface area contributed by atoms with E-state index in [0.717, 1.165) is 4.90 Å². The molecule has 0 unspecified atom stereocenters. The van der Waals surface area contributed by atoms with Crippen LogP contribution in [0.4, 0.5) is 10.1 Å². The Morgan fingerprint density at radius 2 is 1.92 bits per heavy atom. The van der Waals surface area contributed by atoms with E-state index in [-0.39, 0.29) is 12.3 Å². The molecule has 1 N–H and O–H groups in total. The van der Waals surface area contributed by atoms with Crippen LogP contribution in [-0.4, -0.2) is 42.9 Å². The quantitative estimate of drug-likeness (QED) is 0.812. The van der Waals surface area contributed by atoms with Crippen LogP contribution in [0.15, 0.2) is 47.1 Å². The largest absolute Gasteiger partial charge is 0.457 e. The monoisotopic (exact) mass is 334 g/mol. The lowest BCUT2D eigenvalue weighted by Gasteiger charge is -2.16. The fourth-order valence-corrected chi connectivity index (χ4v) is 1.74. The summed E-state index contributed by atoms with van der Waals surface area (Å²) in [6.07, 6.45) is 1.31. The van der Waals surface area contributed by atoms with Crippen LogP contribution in [0, 0.1) is 5.82 Å². The van der Waals surface area contributed by atoms with Gasteiger partial charge in [-0.05, 0) is 36.4 Å². The number of anilines is 1. The number of amides is 2. The van der Waals surface area contributed by atoms with Gasteiger partial charge < -0.3 is 19.4 Å². The molecule has 24 heavy (non-hydrogen) atoms. The number of benzene rings is 1. The van der Waals surface area contributed by atoms with Crippen molar-refractivity contribution in [2.75, 3.05) is 25.5 Å². The molecule has 0 saturated heterocycles. The van der Waals surface area contributed by atoms with Crippen molar-refractivity contribution in [1.29, 1.82) is 0 Å². The minimum Gasteiger partial charge on any atom is -0.457 e. The number of carbonyl (C=O) groups is 3. The lowest BCUT2D eigenvalue weighted by Crippen LogP contribution is -2.37. The Labute approximate surface area is 137 Å². The highest BCUT2D eigenvalue weighted by Gasteiger charge is 2.17. The van der Waals surface area contributed by atoms with Gasteiger partial charge in [0.25, 0.3) is 5.91 Å². The van der Waals surface area contributed by atoms with Crippen LogP contribution < -0.4 is 5.32 Å². The molecular weight excluding hydrogens is 319 g/mol. The molecule has 0 saturated carbocycles. The van der Waals surface area contributed by atoms with Crippen LogP contribution in [0.2, 0.25) is 0 Å². The molecule has 2 rings (SSSR count). The summed E-state index contributed by atoms with van der Waals surface area (Å²) in [5.74, 6) is -2.21. The van der Waals surface area contributed by atoms with E-state index in [0.29, 0.717) is 5.69 Å². The average molecular weight is 334 g/mol. The third-order valence-corrected chi connectivity index (χ3v) is 2.98. The van der Waals surface area contributed by atoms with E-state index in [2.05, 4.69) is 5.32 Å². The van der Waals surface area contributed by atoms with Gasteiger partial charge in [-0.25, -0.2) is 9.18 Å². The Morgan fingerprint density at radius 1 is 1.21 bits per heavy atom. The van der Waals surface area contributed by atoms with E-state index in [1.165, 1.54) is 49.7 Å². The summed E-state index contributed by atoms with van der Waals surface area (Å²) in [5, 5.41) is 2.52. The van der Waals surface area contributed by atoms with Crippen molar-refractivity contribution in [3.05, 3.63) is 54.2 Å². The molecule has 0 radical (unpaired) electrons. The third-order valence-electron chi connectivity index (χ3n) is 2.98. The van der Waals surface area contributed by atoms with E-state index >= 15 is 0 Å². The zero-order valence-electron chi connectivity index (χ0n) is 12.8. The molecule has 1 aromatic carbocycles. The molecule has 126 valence electrons. The highest BCUT2D eigenvalue weighted by atomic mass is 19.1. The number of carbonyl (C=O) groups excluding carboxylic acids is 3. The van der Waals surface area contributed by atoms with Crippen molar-refractivity contribution in [1.82, 2.24) is 4.90 Å². The van der Waals surface area contributed by atoms with Gasteiger partial charge in [-0.1, -0.05) is 0 Å². The van der Waals surface area contributed by atoms with Crippen molar-refractivity contribution in [3.8, 4) is 0 Å². The molecular formula is C16H15FN2O5. The van der Waals surface area contributed by atoms with Crippen molar-refractivity contribution < 1.29 is 27.9 Å². The average Bonchev–Trinajstić information content (AvgIpc) is 3.08. The van der Waals surface area contributed by atoms with Crippen LogP contribution in [0.5, 0.6) is 0 Å². The molecule has 2 amide bonds. The van der Waals surface area contributed by atoms with Gasteiger partial charge in [-0.3, -0.25) is 9.59 Å². The van der Waals surface area contributed by atoms with Crippen LogP contribution >= 0.6 is 0 Å². The maximum absolute atomic E-state index is 12.8. The number of nitrogens with zero attached hydrogens (tertiary/aromatic N) is 1. The lowest BCUT2D eigenvalue weighted by atomic mass is 10.3. The van der Waals surface area contributed by atoms with E-state index in [1.807, 2.05) is 0 Å². The Morgan fingerprint density at radius 3 is 2.54 bits per heavy atom. The maximum Gasteiger partial charge on any atom is 0.374 e. The molecule has 2 aromatic rings. The molecule has 0 aliphatic carbocycles. The molecule has 7 nitrogen and oxygen atoms in total. The summed E-state index contributed by atoms with van der Waals surface area (Å²) >= 11 is 0. The fourth-order valence-electron chi connectivity index (χ4n) is 1.74. The van der Waals surface area contributed by atoms with Crippen molar-refractivity contribution >= 4 is 23.5 Å². The number of esters is 1. The smallest absolute Gasteiger partial charge is 0.374 e. The van der Waals surface area contributed by atoms with Gasteiger partial charge in [0.2, 0.25) is 11.7 Å². The fraction of sp³-hybridized carbons (Fsp3) is 0.188. The maximum atomic E-state index is 12.8. The SMILES string of the molecule is CN(CC(=O)Nc1ccc(F)cc1)C(=O)COC(=O)c1ccco1. The number of furan rings is 1. The zero-order valence-corrected chi connectivity index (χ0v) is 12.8. The van der Waals surface area contributed by atoms with Crippen LogP contribution in [0.1, 0.15) is 10.6 Å². The number of hydrogen-bond acceptors (Lipinski definition) is 5. The topological polar surface area (TPSA) is 88.9 Å². The molecule has 0 atom stereocenters. The van der Waals surface area contributed by atoms with Crippen molar-refractivity contribution in [2.24, 2.45) is 0 Å². The Kier molecular flexibility index (Phi) is 5.67. The molecule has 0 aliphatic heterocycles. The molecule has 0 bridgehead atoms. The Hall–Kier alpha value is -3.16. The summed E-state index contributed by atoms with van der Waals surface area (Å²) in [7, 11) is 1.40. The van der Waals surface area contributed by atoms with Gasteiger partial charge in [-0.15, -0.1) is 0 Å². The first-order chi connectivity index (χ1) is 11.5. The number of hydrogen-bond donors (Lipinski definition) is 1. The number of ether oxygens (including phenoxy) is 1. The van der Waals surface area contributed by atoms with Gasteiger partial charge in [0, 0.05) is 12.7 Å². The minimum absolute atomic E-state index is 0.0143. The molecule has 1 aromatic heterocycles. The third kappa shape index (κ3) is 4.94. The van der Waals surface area contributed by atoms with E-state index in [1.54, 1.807) is 0 Å². The van der Waals surface area contributed by atoms with Crippen molar-refractivity contribution in [2.45, 2.75) is 0 Å². The number of rotatable bonds is 6. The summed E-state index contributed by atoms with van der Waals surface area (Å²) in [6, 6.07) is 8.15. The van der Waals surface area contributed by atoms with Crippen LogP contribution in [0.3, 0.4) is 0 Å². The Balaban J connectivity index is 1.77. The highest BCUT2D eigenvalue weighted by Crippen LogP contribution is 2.08. The predicted octanol–water partition coefficient (Wildman–Crippen LogP) is 1.67. The van der Waals surface area contributed by atoms with Crippen LogP contribution in [0.25, 0.3) is 0 Å². The predicted molar refractivity (Wildman–Crippen MR) is 81.7 cm³/mol. The summed E-state index contributed by atoms with van der Waals surface area (Å²) in [4.78, 5) is 36.3. The summed E-state index contributed by atoms with van der Waals surface area (Å²) in [5.41, 5.74) is 0.409. The molecule has 0 spiro atoms. The summed E-state index contributed by atoms with van der Waals surface area (Å²) < 4.78 is 22.4. The lowest BCUT2D eigenvalue weighted by molar-refractivity contribution is -0.136. The van der Waals surface area contributed by atoms with Gasteiger partial charge in [0.1, 0.15) is 5.82 Å². The van der Waals surface area contributed by atoms with Gasteiger partial charge >= 0.3 is 5.97 Å². The van der Waals surface area contributed by atoms with Gasteiger partial charge in [0.15, 0.2) is 6.61 Å². The zero-order chi connectivity index (χ0) is 17.5. The number of likely N-dealkylation sites (N-methyl/N-ethyl adjacent to an activating group) is 1. The number of halogens is 1. The second kappa shape index (κ2) is 7.91. The van der Waals surface area contributed by atoms with Crippen molar-refractivity contribution in [3.63, 3.8) is 0 Å². The van der Waals surface area contributed by atoms with Crippen LogP contribution in [-0.2, 0) is 14.3 Å². The normalized spacial score (nSPS) is 10.1.